The van der Waals surface area contributed by atoms with Crippen LogP contribution in [0.4, 0.5) is 0 Å². The molecule has 14 heavy (non-hydrogen) atoms. The molecule has 1 saturated heterocycles. The first-order chi connectivity index (χ1) is 6.92. The molecule has 0 aliphatic carbocycles. The minimum absolute atomic E-state index is 0.157. The highest BCUT2D eigenvalue weighted by atomic mass is 16.3. The van der Waals surface area contributed by atoms with E-state index in [0.717, 1.165) is 24.9 Å². The van der Waals surface area contributed by atoms with Crippen molar-refractivity contribution in [1.82, 2.24) is 9.99 Å². The fourth-order valence-corrected chi connectivity index (χ4v) is 1.94. The van der Waals surface area contributed by atoms with Crippen LogP contribution in [0.15, 0.2) is 29.8 Å². The molecule has 1 atom stereocenters. The fraction of sp³-hybridized carbons (Fsp3) is 0.500. The maximum atomic E-state index is 10.6. The van der Waals surface area contributed by atoms with Gasteiger partial charge in [-0.3, -0.25) is 9.99 Å². The van der Waals surface area contributed by atoms with Crippen LogP contribution in [-0.2, 0) is 0 Å². The van der Waals surface area contributed by atoms with Gasteiger partial charge in [-0.2, -0.15) is 0 Å². The Morgan fingerprint density at radius 3 is 2.86 bits per heavy atom. The van der Waals surface area contributed by atoms with Gasteiger partial charge >= 0.3 is 0 Å². The second-order valence-electron chi connectivity index (χ2n) is 3.54. The standard InChI is InChI=1S/C10H13N3O/c14-12-13-8-2-1-3-10(13)9-4-6-11-7-5-9/h4-7,10H,1-3,8H2. The van der Waals surface area contributed by atoms with Gasteiger partial charge in [-0.1, -0.05) is 0 Å². The molecule has 0 N–H and O–H groups in total. The smallest absolute Gasteiger partial charge is 0.0753 e. The summed E-state index contributed by atoms with van der Waals surface area (Å²) >= 11 is 0. The first-order valence-corrected chi connectivity index (χ1v) is 4.91. The molecule has 0 bridgehead atoms. The quantitative estimate of drug-likeness (QED) is 0.674. The zero-order chi connectivity index (χ0) is 9.80. The predicted octanol–water partition coefficient (Wildman–Crippen LogP) is 2.29. The number of rotatable bonds is 2. The van der Waals surface area contributed by atoms with Crippen LogP contribution in [0, 0.1) is 4.91 Å². The Labute approximate surface area is 82.9 Å². The zero-order valence-corrected chi connectivity index (χ0v) is 7.97. The average molecular weight is 191 g/mol. The molecule has 4 heteroatoms. The summed E-state index contributed by atoms with van der Waals surface area (Å²) in [5.41, 5.74) is 1.14. The van der Waals surface area contributed by atoms with Gasteiger partial charge in [0.15, 0.2) is 0 Å². The molecule has 1 fully saturated rings. The Bertz CT molecular complexity index is 301. The number of piperidine rings is 1. The van der Waals surface area contributed by atoms with Crippen molar-refractivity contribution in [2.75, 3.05) is 6.54 Å². The number of nitroso groups, excluding NO2 is 1. The average Bonchev–Trinajstić information content (AvgIpc) is 2.30. The van der Waals surface area contributed by atoms with E-state index >= 15 is 0 Å². The van der Waals surface area contributed by atoms with Crippen LogP contribution in [-0.4, -0.2) is 16.5 Å². The topological polar surface area (TPSA) is 45.6 Å². The molecule has 0 amide bonds. The van der Waals surface area contributed by atoms with Crippen LogP contribution in [0.2, 0.25) is 0 Å². The van der Waals surface area contributed by atoms with E-state index < -0.39 is 0 Å². The lowest BCUT2D eigenvalue weighted by molar-refractivity contribution is 0.152. The van der Waals surface area contributed by atoms with Crippen molar-refractivity contribution in [3.63, 3.8) is 0 Å². The number of hydrogen-bond acceptors (Lipinski definition) is 3. The van der Waals surface area contributed by atoms with Crippen molar-refractivity contribution in [2.24, 2.45) is 5.29 Å². The maximum absolute atomic E-state index is 10.6. The summed E-state index contributed by atoms with van der Waals surface area (Å²) in [6.45, 7) is 0.774. The lowest BCUT2D eigenvalue weighted by Crippen LogP contribution is -2.28. The fourth-order valence-electron chi connectivity index (χ4n) is 1.94. The largest absolute Gasteiger partial charge is 0.265 e. The number of hydrogen-bond donors (Lipinski definition) is 0. The summed E-state index contributed by atoms with van der Waals surface area (Å²) in [5.74, 6) is 0. The third-order valence-electron chi connectivity index (χ3n) is 2.67. The van der Waals surface area contributed by atoms with E-state index in [-0.39, 0.29) is 6.04 Å². The Morgan fingerprint density at radius 2 is 2.14 bits per heavy atom. The zero-order valence-electron chi connectivity index (χ0n) is 7.97. The van der Waals surface area contributed by atoms with Crippen molar-refractivity contribution in [1.29, 1.82) is 0 Å². The third kappa shape index (κ3) is 1.73. The molecule has 0 spiro atoms. The molecule has 4 nitrogen and oxygen atoms in total. The molecule has 1 aromatic heterocycles. The van der Waals surface area contributed by atoms with Crippen molar-refractivity contribution in [3.8, 4) is 0 Å². The van der Waals surface area contributed by atoms with Crippen molar-refractivity contribution in [3.05, 3.63) is 35.0 Å². The van der Waals surface area contributed by atoms with Crippen LogP contribution >= 0.6 is 0 Å². The maximum Gasteiger partial charge on any atom is 0.0753 e. The second kappa shape index (κ2) is 4.17. The van der Waals surface area contributed by atoms with Gasteiger partial charge in [-0.15, -0.1) is 4.91 Å². The van der Waals surface area contributed by atoms with E-state index in [0.29, 0.717) is 0 Å². The van der Waals surface area contributed by atoms with Crippen molar-refractivity contribution < 1.29 is 0 Å². The van der Waals surface area contributed by atoms with Gasteiger partial charge < -0.3 is 0 Å². The minimum atomic E-state index is 0.157. The Hall–Kier alpha value is -1.45. The first-order valence-electron chi connectivity index (χ1n) is 4.91. The van der Waals surface area contributed by atoms with Gasteiger partial charge in [0.05, 0.1) is 11.3 Å². The van der Waals surface area contributed by atoms with Crippen LogP contribution in [0.1, 0.15) is 30.9 Å². The highest BCUT2D eigenvalue weighted by molar-refractivity contribution is 5.15. The molecule has 2 heterocycles. The van der Waals surface area contributed by atoms with Gasteiger partial charge in [0.25, 0.3) is 0 Å². The molecule has 0 radical (unpaired) electrons. The number of nitrogens with zero attached hydrogens (tertiary/aromatic N) is 3. The summed E-state index contributed by atoms with van der Waals surface area (Å²) in [6, 6.07) is 4.06. The Morgan fingerprint density at radius 1 is 1.36 bits per heavy atom. The monoisotopic (exact) mass is 191 g/mol. The van der Waals surface area contributed by atoms with Gasteiger partial charge in [0, 0.05) is 18.9 Å². The lowest BCUT2D eigenvalue weighted by atomic mass is 9.98. The van der Waals surface area contributed by atoms with Gasteiger partial charge in [-0.25, -0.2) is 0 Å². The molecule has 1 unspecified atom stereocenters. The van der Waals surface area contributed by atoms with Crippen LogP contribution in [0.25, 0.3) is 0 Å². The van der Waals surface area contributed by atoms with E-state index in [1.807, 2.05) is 12.1 Å². The summed E-state index contributed by atoms with van der Waals surface area (Å²) in [5, 5.41) is 4.71. The van der Waals surface area contributed by atoms with Crippen LogP contribution < -0.4 is 0 Å². The van der Waals surface area contributed by atoms with Crippen LogP contribution in [0.3, 0.4) is 0 Å². The molecular formula is C10H13N3O. The normalized spacial score (nSPS) is 22.0. The predicted molar refractivity (Wildman–Crippen MR) is 53.3 cm³/mol. The Kier molecular flexibility index (Phi) is 2.72. The molecule has 1 aliphatic heterocycles. The number of pyridine rings is 1. The molecule has 1 aromatic rings. The lowest BCUT2D eigenvalue weighted by Gasteiger charge is -2.30. The second-order valence-corrected chi connectivity index (χ2v) is 3.54. The van der Waals surface area contributed by atoms with E-state index in [4.69, 9.17) is 0 Å². The molecule has 74 valence electrons. The third-order valence-corrected chi connectivity index (χ3v) is 2.67. The first kappa shape index (κ1) is 9.12. The summed E-state index contributed by atoms with van der Waals surface area (Å²) in [7, 11) is 0. The molecular weight excluding hydrogens is 178 g/mol. The van der Waals surface area contributed by atoms with E-state index in [2.05, 4.69) is 10.3 Å². The van der Waals surface area contributed by atoms with Crippen molar-refractivity contribution >= 4 is 0 Å². The highest BCUT2D eigenvalue weighted by Gasteiger charge is 2.23. The molecule has 2 rings (SSSR count). The van der Waals surface area contributed by atoms with Crippen LogP contribution in [0.5, 0.6) is 0 Å². The van der Waals surface area contributed by atoms with Crippen molar-refractivity contribution in [2.45, 2.75) is 25.3 Å². The molecule has 0 saturated carbocycles. The summed E-state index contributed by atoms with van der Waals surface area (Å²) in [4.78, 5) is 14.6. The number of aromatic nitrogens is 1. The Balaban J connectivity index is 2.19. The summed E-state index contributed by atoms with van der Waals surface area (Å²) in [6.07, 6.45) is 6.75. The minimum Gasteiger partial charge on any atom is -0.265 e. The van der Waals surface area contributed by atoms with Gasteiger partial charge in [0.2, 0.25) is 0 Å². The summed E-state index contributed by atoms with van der Waals surface area (Å²) < 4.78 is 0. The highest BCUT2D eigenvalue weighted by Crippen LogP contribution is 2.30. The van der Waals surface area contributed by atoms with E-state index in [9.17, 15) is 4.91 Å². The van der Waals surface area contributed by atoms with Gasteiger partial charge in [-0.05, 0) is 37.0 Å². The molecule has 0 aromatic carbocycles. The van der Waals surface area contributed by atoms with E-state index in [1.165, 1.54) is 6.42 Å². The molecule has 1 aliphatic rings. The van der Waals surface area contributed by atoms with Gasteiger partial charge in [0.1, 0.15) is 0 Å². The van der Waals surface area contributed by atoms with E-state index in [1.54, 1.807) is 17.4 Å². The SMILES string of the molecule is O=NN1CCCCC1c1ccncc1.